The highest BCUT2D eigenvalue weighted by Crippen LogP contribution is 2.17. The summed E-state index contributed by atoms with van der Waals surface area (Å²) in [4.78, 5) is 30.4. The van der Waals surface area contributed by atoms with Gasteiger partial charge in [-0.2, -0.15) is 5.10 Å². The molecule has 3 aromatic rings. The maximum atomic E-state index is 12.4. The molecule has 0 unspecified atom stereocenters. The maximum absolute atomic E-state index is 12.4. The lowest BCUT2D eigenvalue weighted by molar-refractivity contribution is 0.0793. The molecule has 126 valence electrons. The summed E-state index contributed by atoms with van der Waals surface area (Å²) in [5.41, 5.74) is 2.82. The molecule has 0 saturated carbocycles. The van der Waals surface area contributed by atoms with Crippen LogP contribution in [0.2, 0.25) is 0 Å². The van der Waals surface area contributed by atoms with Gasteiger partial charge in [-0.25, -0.2) is 5.10 Å². The summed E-state index contributed by atoms with van der Waals surface area (Å²) in [5.74, 6) is 0.0957. The maximum Gasteiger partial charge on any atom is 0.273 e. The molecule has 0 radical (unpaired) electrons. The van der Waals surface area contributed by atoms with Gasteiger partial charge in [-0.3, -0.25) is 14.6 Å². The first-order valence-corrected chi connectivity index (χ1v) is 8.43. The fraction of sp³-hybridized carbons (Fsp3) is 0.263. The Morgan fingerprint density at radius 2 is 1.88 bits per heavy atom. The van der Waals surface area contributed by atoms with E-state index in [0.717, 1.165) is 31.5 Å². The minimum Gasteiger partial charge on any atom is -0.339 e. The van der Waals surface area contributed by atoms with E-state index in [9.17, 15) is 9.59 Å². The zero-order chi connectivity index (χ0) is 17.2. The van der Waals surface area contributed by atoms with Crippen LogP contribution in [-0.4, -0.2) is 39.1 Å². The van der Waals surface area contributed by atoms with E-state index in [2.05, 4.69) is 15.2 Å². The van der Waals surface area contributed by atoms with Crippen LogP contribution >= 0.6 is 0 Å². The van der Waals surface area contributed by atoms with Gasteiger partial charge >= 0.3 is 0 Å². The molecule has 1 fully saturated rings. The normalized spacial score (nSPS) is 14.2. The number of benzene rings is 1. The Bertz CT molecular complexity index is 973. The van der Waals surface area contributed by atoms with Crippen molar-refractivity contribution in [2.24, 2.45) is 0 Å². The fourth-order valence-corrected chi connectivity index (χ4v) is 3.23. The number of hydrogen-bond donors (Lipinski definition) is 1. The standard InChI is InChI=1S/C19H18N4O2/c24-18-15-4-3-9-20-17(15)16(21-22-18)12-13-5-7-14(8-6-13)19(25)23-10-1-2-11-23/h3-9H,1-2,10-12H2,(H,22,24). The number of nitrogens with zero attached hydrogens (tertiary/aromatic N) is 3. The number of aromatic amines is 1. The highest BCUT2D eigenvalue weighted by Gasteiger charge is 2.19. The number of fused-ring (bicyclic) bond motifs is 1. The number of amides is 1. The lowest BCUT2D eigenvalue weighted by Gasteiger charge is -2.15. The van der Waals surface area contributed by atoms with Crippen LogP contribution in [0.4, 0.5) is 0 Å². The molecule has 6 heteroatoms. The fourth-order valence-electron chi connectivity index (χ4n) is 3.23. The zero-order valence-electron chi connectivity index (χ0n) is 13.7. The topological polar surface area (TPSA) is 79.0 Å². The molecule has 3 heterocycles. The highest BCUT2D eigenvalue weighted by atomic mass is 16.2. The summed E-state index contributed by atoms with van der Waals surface area (Å²) < 4.78 is 0. The van der Waals surface area contributed by atoms with E-state index < -0.39 is 0 Å². The van der Waals surface area contributed by atoms with Crippen LogP contribution in [0.15, 0.2) is 47.4 Å². The second kappa shape index (κ2) is 6.47. The van der Waals surface area contributed by atoms with Crippen LogP contribution in [0.5, 0.6) is 0 Å². The molecule has 25 heavy (non-hydrogen) atoms. The lowest BCUT2D eigenvalue weighted by atomic mass is 10.1. The SMILES string of the molecule is O=C(c1ccc(Cc2n[nH]c(=O)c3cccnc23)cc1)N1CCCC1. The number of carbonyl (C=O) groups excluding carboxylic acids is 1. The Hall–Kier alpha value is -3.02. The molecule has 1 aromatic carbocycles. The van der Waals surface area contributed by atoms with Crippen molar-refractivity contribution in [2.45, 2.75) is 19.3 Å². The summed E-state index contributed by atoms with van der Waals surface area (Å²) in [6.45, 7) is 1.69. The molecule has 1 saturated heterocycles. The van der Waals surface area contributed by atoms with Gasteiger partial charge in [-0.1, -0.05) is 12.1 Å². The van der Waals surface area contributed by atoms with Gasteiger partial charge in [-0.05, 0) is 42.7 Å². The Kier molecular flexibility index (Phi) is 4.01. The molecule has 1 aliphatic rings. The molecular formula is C19H18N4O2. The second-order valence-corrected chi connectivity index (χ2v) is 6.27. The van der Waals surface area contributed by atoms with Crippen molar-refractivity contribution in [3.8, 4) is 0 Å². The predicted molar refractivity (Wildman–Crippen MR) is 94.5 cm³/mol. The van der Waals surface area contributed by atoms with E-state index in [-0.39, 0.29) is 11.5 Å². The van der Waals surface area contributed by atoms with Crippen molar-refractivity contribution < 1.29 is 4.79 Å². The Labute approximate surface area is 144 Å². The van der Waals surface area contributed by atoms with Crippen LogP contribution in [-0.2, 0) is 6.42 Å². The average Bonchev–Trinajstić information content (AvgIpc) is 3.19. The Morgan fingerprint density at radius 3 is 2.64 bits per heavy atom. The summed E-state index contributed by atoms with van der Waals surface area (Å²) in [6, 6.07) is 11.1. The molecule has 0 atom stereocenters. The van der Waals surface area contributed by atoms with Crippen LogP contribution in [0, 0.1) is 0 Å². The third-order valence-electron chi connectivity index (χ3n) is 4.58. The smallest absolute Gasteiger partial charge is 0.273 e. The van der Waals surface area contributed by atoms with Crippen molar-refractivity contribution in [3.05, 3.63) is 69.8 Å². The summed E-state index contributed by atoms with van der Waals surface area (Å²) in [7, 11) is 0. The number of rotatable bonds is 3. The molecule has 4 rings (SSSR count). The summed E-state index contributed by atoms with van der Waals surface area (Å²) >= 11 is 0. The third-order valence-corrected chi connectivity index (χ3v) is 4.58. The monoisotopic (exact) mass is 334 g/mol. The molecule has 0 spiro atoms. The number of H-pyrrole nitrogens is 1. The Balaban J connectivity index is 1.59. The molecule has 1 aliphatic heterocycles. The first-order valence-electron chi connectivity index (χ1n) is 8.43. The van der Waals surface area contributed by atoms with Gasteiger partial charge < -0.3 is 4.90 Å². The van der Waals surface area contributed by atoms with Crippen molar-refractivity contribution in [3.63, 3.8) is 0 Å². The van der Waals surface area contributed by atoms with Crippen molar-refractivity contribution in [1.29, 1.82) is 0 Å². The van der Waals surface area contributed by atoms with Gasteiger partial charge in [0, 0.05) is 31.3 Å². The molecule has 2 aromatic heterocycles. The largest absolute Gasteiger partial charge is 0.339 e. The third kappa shape index (κ3) is 3.03. The van der Waals surface area contributed by atoms with Gasteiger partial charge in [0.25, 0.3) is 11.5 Å². The molecular weight excluding hydrogens is 316 g/mol. The van der Waals surface area contributed by atoms with Crippen molar-refractivity contribution in [1.82, 2.24) is 20.1 Å². The second-order valence-electron chi connectivity index (χ2n) is 6.27. The quantitative estimate of drug-likeness (QED) is 0.796. The number of likely N-dealkylation sites (tertiary alicyclic amines) is 1. The molecule has 1 amide bonds. The summed E-state index contributed by atoms with van der Waals surface area (Å²) in [6.07, 6.45) is 4.37. The average molecular weight is 334 g/mol. The summed E-state index contributed by atoms with van der Waals surface area (Å²) in [5, 5.41) is 7.21. The van der Waals surface area contributed by atoms with Crippen LogP contribution in [0.25, 0.3) is 10.9 Å². The Morgan fingerprint density at radius 1 is 1.12 bits per heavy atom. The number of hydrogen-bond acceptors (Lipinski definition) is 4. The van der Waals surface area contributed by atoms with Gasteiger partial charge in [-0.15, -0.1) is 0 Å². The van der Waals surface area contributed by atoms with Crippen molar-refractivity contribution >= 4 is 16.8 Å². The van der Waals surface area contributed by atoms with Crippen LogP contribution < -0.4 is 5.56 Å². The number of carbonyl (C=O) groups is 1. The molecule has 6 nitrogen and oxygen atoms in total. The lowest BCUT2D eigenvalue weighted by Crippen LogP contribution is -2.27. The molecule has 0 aliphatic carbocycles. The number of aromatic nitrogens is 3. The first-order chi connectivity index (χ1) is 12.2. The minimum atomic E-state index is -0.238. The van der Waals surface area contributed by atoms with Crippen molar-refractivity contribution in [2.75, 3.05) is 13.1 Å². The van der Waals surface area contributed by atoms with Crippen LogP contribution in [0.3, 0.4) is 0 Å². The van der Waals surface area contributed by atoms with E-state index in [1.807, 2.05) is 29.2 Å². The predicted octanol–water partition coefficient (Wildman–Crippen LogP) is 2.14. The van der Waals surface area contributed by atoms with E-state index in [1.165, 1.54) is 0 Å². The number of pyridine rings is 1. The molecule has 1 N–H and O–H groups in total. The van der Waals surface area contributed by atoms with Gasteiger partial charge in [0.15, 0.2) is 0 Å². The van der Waals surface area contributed by atoms with Gasteiger partial charge in [0.05, 0.1) is 16.6 Å². The van der Waals surface area contributed by atoms with Gasteiger partial charge in [0.1, 0.15) is 0 Å². The minimum absolute atomic E-state index is 0.0957. The van der Waals surface area contributed by atoms with E-state index in [1.54, 1.807) is 18.3 Å². The highest BCUT2D eigenvalue weighted by molar-refractivity contribution is 5.94. The van der Waals surface area contributed by atoms with E-state index in [4.69, 9.17) is 0 Å². The molecule has 0 bridgehead atoms. The first kappa shape index (κ1) is 15.5. The van der Waals surface area contributed by atoms with E-state index in [0.29, 0.717) is 28.6 Å². The zero-order valence-corrected chi connectivity index (χ0v) is 13.7. The van der Waals surface area contributed by atoms with Gasteiger partial charge in [0.2, 0.25) is 0 Å². The van der Waals surface area contributed by atoms with Crippen LogP contribution in [0.1, 0.15) is 34.5 Å². The van der Waals surface area contributed by atoms with E-state index >= 15 is 0 Å². The number of nitrogens with one attached hydrogen (secondary N) is 1.